The van der Waals surface area contributed by atoms with Gasteiger partial charge in [-0.15, -0.1) is 0 Å². The Kier molecular flexibility index (Phi) is 7.72. The van der Waals surface area contributed by atoms with Gasteiger partial charge in [0.1, 0.15) is 12.5 Å². The molecular weight excluding hydrogens is 791 g/mol. The van der Waals surface area contributed by atoms with Crippen molar-refractivity contribution >= 4 is 87.8 Å². The summed E-state index contributed by atoms with van der Waals surface area (Å²) in [6, 6.07) is 54.8. The van der Waals surface area contributed by atoms with Crippen molar-refractivity contribution in [2.45, 2.75) is 6.67 Å². The molecule has 5 nitrogen and oxygen atoms in total. The third kappa shape index (κ3) is 5.09. The van der Waals surface area contributed by atoms with E-state index in [1.54, 1.807) is 0 Å². The Hall–Kier alpha value is -8.28. The molecule has 0 fully saturated rings. The molecule has 4 aliphatic rings. The zero-order chi connectivity index (χ0) is 42.8. The van der Waals surface area contributed by atoms with Crippen molar-refractivity contribution in [1.29, 1.82) is 0 Å². The van der Waals surface area contributed by atoms with E-state index >= 15 is 0 Å². The van der Waals surface area contributed by atoms with Crippen molar-refractivity contribution < 1.29 is 0 Å². The van der Waals surface area contributed by atoms with Gasteiger partial charge in [0.2, 0.25) is 0 Å². The minimum absolute atomic E-state index is 0.200. The second-order valence-corrected chi connectivity index (χ2v) is 17.6. The molecule has 2 aromatic heterocycles. The van der Waals surface area contributed by atoms with Crippen LogP contribution in [0, 0.1) is 11.8 Å². The Balaban J connectivity index is 1.17. The van der Waals surface area contributed by atoms with Crippen LogP contribution in [0.1, 0.15) is 22.4 Å². The van der Waals surface area contributed by atoms with E-state index in [1.165, 1.54) is 98.6 Å². The smallest absolute Gasteiger partial charge is 0.158 e. The highest BCUT2D eigenvalue weighted by Crippen LogP contribution is 2.59. The van der Waals surface area contributed by atoms with Gasteiger partial charge in [-0.25, -0.2) is 9.98 Å². The largest absolute Gasteiger partial charge is 0.373 e. The average molecular weight is 832 g/mol. The van der Waals surface area contributed by atoms with Crippen molar-refractivity contribution in [2.24, 2.45) is 21.8 Å². The third-order valence-electron chi connectivity index (χ3n) is 14.4. The van der Waals surface area contributed by atoms with Gasteiger partial charge in [-0.05, 0) is 61.4 Å². The van der Waals surface area contributed by atoms with Crippen molar-refractivity contribution in [1.82, 2.24) is 14.5 Å². The highest BCUT2D eigenvalue weighted by atomic mass is 15.1. The van der Waals surface area contributed by atoms with Gasteiger partial charge in [-0.2, -0.15) is 0 Å². The summed E-state index contributed by atoms with van der Waals surface area (Å²) in [5.74, 6) is 1.87. The molecule has 2 atom stereocenters. The monoisotopic (exact) mass is 831 g/mol. The first-order valence-electron chi connectivity index (χ1n) is 22.6. The van der Waals surface area contributed by atoms with E-state index in [2.05, 4.69) is 209 Å². The number of nitrogens with zero attached hydrogens (tertiary/aromatic N) is 4. The van der Waals surface area contributed by atoms with E-state index in [0.29, 0.717) is 12.5 Å². The summed E-state index contributed by atoms with van der Waals surface area (Å²) in [6.07, 6.45) is 18.6. The number of aliphatic imine (C=N–C) groups is 2. The number of nitrogens with one attached hydrogen (secondary N) is 1. The van der Waals surface area contributed by atoms with Crippen LogP contribution in [0.3, 0.4) is 0 Å². The lowest BCUT2D eigenvalue weighted by Crippen LogP contribution is -2.30. The molecule has 0 aliphatic heterocycles. The Bertz CT molecular complexity index is 3920. The van der Waals surface area contributed by atoms with Gasteiger partial charge in [0.05, 0.1) is 22.2 Å². The number of allylic oxidation sites excluding steroid dienone is 12. The first kappa shape index (κ1) is 36.2. The number of hydrogen-bond donors (Lipinski definition) is 1. The standard InChI is InChI=1S/C60H41N5/c1-61-59(40-15-5-2-6-16-40)63-60(41-17-7-3-8-18-41)62-35-64-55-45-27-13-21-38-31-29-36-19-11-25-43(49(36)51(38)45)53(55)47-33-34-48-54-44-26-12-20-37-30-32-39-22-14-28-46(52(39)50(37)44)56(54)65(58(48)57(47)64)42-23-9-4-10-24-42/h2-34,49,51H,35H2,1H3,(H,61,62,63). The van der Waals surface area contributed by atoms with Crippen LogP contribution in [0.25, 0.3) is 81.9 Å². The maximum atomic E-state index is 5.62. The number of fused-ring (bicyclic) bond motifs is 11. The first-order chi connectivity index (χ1) is 32.2. The maximum Gasteiger partial charge on any atom is 0.158 e. The topological polar surface area (TPSA) is 46.6 Å². The van der Waals surface area contributed by atoms with Crippen molar-refractivity contribution in [3.8, 4) is 5.69 Å². The van der Waals surface area contributed by atoms with Crippen molar-refractivity contribution in [3.63, 3.8) is 0 Å². The molecule has 2 unspecified atom stereocenters. The zero-order valence-corrected chi connectivity index (χ0v) is 35.7. The maximum absolute atomic E-state index is 5.62. The van der Waals surface area contributed by atoms with E-state index < -0.39 is 0 Å². The van der Waals surface area contributed by atoms with Crippen LogP contribution >= 0.6 is 0 Å². The van der Waals surface area contributed by atoms with E-state index in [4.69, 9.17) is 9.98 Å². The second-order valence-electron chi connectivity index (χ2n) is 17.6. The highest BCUT2D eigenvalue weighted by molar-refractivity contribution is 6.39. The molecule has 5 heteroatoms. The number of para-hydroxylation sites is 1. The van der Waals surface area contributed by atoms with E-state index in [-0.39, 0.29) is 11.8 Å². The molecule has 306 valence electrons. The van der Waals surface area contributed by atoms with Gasteiger partial charge in [0.25, 0.3) is 0 Å². The molecular formula is C60H41N5. The molecule has 0 saturated heterocycles. The van der Waals surface area contributed by atoms with Crippen LogP contribution in [0.4, 0.5) is 0 Å². The number of aromatic nitrogens is 2. The van der Waals surface area contributed by atoms with Crippen molar-refractivity contribution in [2.75, 3.05) is 7.05 Å². The molecule has 8 aromatic carbocycles. The molecule has 10 aromatic rings. The molecule has 14 rings (SSSR count). The number of amidine groups is 2. The second kappa shape index (κ2) is 13.9. The lowest BCUT2D eigenvalue weighted by molar-refractivity contribution is 0.622. The Morgan fingerprint density at radius 1 is 0.523 bits per heavy atom. The van der Waals surface area contributed by atoms with Gasteiger partial charge in [0.15, 0.2) is 5.84 Å². The van der Waals surface area contributed by atoms with E-state index in [9.17, 15) is 0 Å². The molecule has 2 heterocycles. The summed E-state index contributed by atoms with van der Waals surface area (Å²) < 4.78 is 5.11. The molecule has 0 amide bonds. The summed E-state index contributed by atoms with van der Waals surface area (Å²) in [4.78, 5) is 10.9. The minimum Gasteiger partial charge on any atom is -0.373 e. The molecule has 0 spiro atoms. The van der Waals surface area contributed by atoms with Crippen LogP contribution in [0.2, 0.25) is 0 Å². The van der Waals surface area contributed by atoms with Crippen LogP contribution in [0.15, 0.2) is 221 Å². The third-order valence-corrected chi connectivity index (χ3v) is 14.4. The van der Waals surface area contributed by atoms with Gasteiger partial charge in [0, 0.05) is 62.8 Å². The summed E-state index contributed by atoms with van der Waals surface area (Å²) in [5.41, 5.74) is 14.6. The number of benzene rings is 8. The SMILES string of the molecule is CNC(=N/C(=N\Cn1c2c(c3ccc4c5c6cccc7ccc8cccc(c8c76)c5n(-c5ccccc5)c4c31)C1=CC=CC3=CC=C4C=CC=C2C4C31)c1ccccc1)c1ccccc1. The zero-order valence-electron chi connectivity index (χ0n) is 35.7. The quantitative estimate of drug-likeness (QED) is 0.105. The van der Waals surface area contributed by atoms with Crippen LogP contribution in [-0.4, -0.2) is 27.9 Å². The fraction of sp³-hybridized carbons (Fsp3) is 0.0667. The lowest BCUT2D eigenvalue weighted by Gasteiger charge is -2.42. The predicted molar refractivity (Wildman–Crippen MR) is 272 cm³/mol. The van der Waals surface area contributed by atoms with Gasteiger partial charge in [-0.3, -0.25) is 0 Å². The molecule has 65 heavy (non-hydrogen) atoms. The fourth-order valence-corrected chi connectivity index (χ4v) is 11.8. The number of rotatable bonds is 5. The molecule has 0 radical (unpaired) electrons. The molecule has 4 aliphatic carbocycles. The Labute approximate surface area is 375 Å². The highest BCUT2D eigenvalue weighted by Gasteiger charge is 2.44. The summed E-state index contributed by atoms with van der Waals surface area (Å²) in [6.45, 7) is 0.351. The van der Waals surface area contributed by atoms with E-state index in [1.807, 2.05) is 13.1 Å². The van der Waals surface area contributed by atoms with E-state index in [0.717, 1.165) is 22.6 Å². The molecule has 0 bridgehead atoms. The van der Waals surface area contributed by atoms with Crippen LogP contribution in [0.5, 0.6) is 0 Å². The van der Waals surface area contributed by atoms with Crippen LogP contribution in [-0.2, 0) is 6.67 Å². The van der Waals surface area contributed by atoms with Gasteiger partial charge in [-0.1, -0.05) is 188 Å². The first-order valence-corrected chi connectivity index (χ1v) is 22.6. The number of hydrogen-bond acceptors (Lipinski definition) is 1. The van der Waals surface area contributed by atoms with Gasteiger partial charge < -0.3 is 14.5 Å². The molecule has 1 N–H and O–H groups in total. The summed E-state index contributed by atoms with van der Waals surface area (Å²) >= 11 is 0. The van der Waals surface area contributed by atoms with Crippen LogP contribution < -0.4 is 5.32 Å². The molecule has 0 saturated carbocycles. The summed E-state index contributed by atoms with van der Waals surface area (Å²) in [7, 11) is 1.93. The van der Waals surface area contributed by atoms with Crippen molar-refractivity contribution in [3.05, 3.63) is 234 Å². The lowest BCUT2D eigenvalue weighted by atomic mass is 9.61. The average Bonchev–Trinajstić information content (AvgIpc) is 3.90. The fourth-order valence-electron chi connectivity index (χ4n) is 11.8. The normalized spacial score (nSPS) is 17.8. The minimum atomic E-state index is 0.200. The predicted octanol–water partition coefficient (Wildman–Crippen LogP) is 13.7. The Morgan fingerprint density at radius 3 is 1.83 bits per heavy atom. The summed E-state index contributed by atoms with van der Waals surface area (Å²) in [5, 5.41) is 14.8. The Morgan fingerprint density at radius 2 is 1.12 bits per heavy atom. The van der Waals surface area contributed by atoms with Gasteiger partial charge >= 0.3 is 0 Å².